The zero-order chi connectivity index (χ0) is 16.7. The molecule has 0 aliphatic heterocycles. The summed E-state index contributed by atoms with van der Waals surface area (Å²) >= 11 is 0. The predicted octanol–water partition coefficient (Wildman–Crippen LogP) is 3.84. The monoisotopic (exact) mass is 316 g/mol. The van der Waals surface area contributed by atoms with Gasteiger partial charge >= 0.3 is 0 Å². The van der Waals surface area contributed by atoms with Gasteiger partial charge in [-0.1, -0.05) is 31.9 Å². The molecular weight excluding hydrogens is 288 g/mol. The van der Waals surface area contributed by atoms with Gasteiger partial charge in [-0.3, -0.25) is 9.69 Å². The molecule has 1 fully saturated rings. The van der Waals surface area contributed by atoms with Crippen LogP contribution in [0.15, 0.2) is 36.4 Å². The van der Waals surface area contributed by atoms with Gasteiger partial charge in [0.2, 0.25) is 5.91 Å². The number of nitrogens with zero attached hydrogens (tertiary/aromatic N) is 1. The number of anilines is 1. The number of benzene rings is 1. The fourth-order valence-corrected chi connectivity index (χ4v) is 2.95. The van der Waals surface area contributed by atoms with Crippen molar-refractivity contribution in [1.82, 2.24) is 4.90 Å². The van der Waals surface area contributed by atoms with Crippen LogP contribution in [0.2, 0.25) is 0 Å². The van der Waals surface area contributed by atoms with Crippen LogP contribution in [0.5, 0.6) is 5.75 Å². The highest BCUT2D eigenvalue weighted by Crippen LogP contribution is 2.22. The van der Waals surface area contributed by atoms with Crippen LogP contribution < -0.4 is 10.1 Å². The molecule has 4 heteroatoms. The summed E-state index contributed by atoms with van der Waals surface area (Å²) in [5.74, 6) is 0.765. The van der Waals surface area contributed by atoms with Crippen molar-refractivity contribution in [3.63, 3.8) is 0 Å². The Hall–Kier alpha value is -1.81. The first-order valence-electron chi connectivity index (χ1n) is 8.42. The van der Waals surface area contributed by atoms with Gasteiger partial charge in [-0.2, -0.15) is 0 Å². The van der Waals surface area contributed by atoms with Gasteiger partial charge in [0, 0.05) is 17.8 Å². The summed E-state index contributed by atoms with van der Waals surface area (Å²) in [4.78, 5) is 14.4. The van der Waals surface area contributed by atoms with E-state index in [2.05, 4.69) is 16.8 Å². The Morgan fingerprint density at radius 1 is 1.35 bits per heavy atom. The molecule has 0 heterocycles. The summed E-state index contributed by atoms with van der Waals surface area (Å²) in [6.07, 6.45) is 6.28. The fraction of sp³-hybridized carbons (Fsp3) is 0.526. The number of carbonyl (C=O) groups excluding carboxylic acids is 1. The molecule has 0 unspecified atom stereocenters. The van der Waals surface area contributed by atoms with Crippen molar-refractivity contribution in [2.75, 3.05) is 25.5 Å². The Labute approximate surface area is 139 Å². The molecule has 1 saturated carbocycles. The summed E-state index contributed by atoms with van der Waals surface area (Å²) in [5, 5.41) is 2.96. The van der Waals surface area contributed by atoms with Crippen molar-refractivity contribution in [2.45, 2.75) is 45.1 Å². The first-order valence-corrected chi connectivity index (χ1v) is 8.42. The predicted molar refractivity (Wildman–Crippen MR) is 94.9 cm³/mol. The van der Waals surface area contributed by atoms with Gasteiger partial charge < -0.3 is 10.1 Å². The van der Waals surface area contributed by atoms with Crippen molar-refractivity contribution in [3.8, 4) is 5.75 Å². The molecule has 1 amide bonds. The van der Waals surface area contributed by atoms with Crippen molar-refractivity contribution in [3.05, 3.63) is 36.4 Å². The third kappa shape index (κ3) is 6.06. The van der Waals surface area contributed by atoms with Gasteiger partial charge in [0.25, 0.3) is 0 Å². The smallest absolute Gasteiger partial charge is 0.238 e. The maximum atomic E-state index is 12.2. The van der Waals surface area contributed by atoms with Crippen molar-refractivity contribution in [2.24, 2.45) is 0 Å². The van der Waals surface area contributed by atoms with Gasteiger partial charge in [-0.05, 0) is 44.5 Å². The number of likely N-dealkylation sites (N-methyl/N-ethyl adjacent to an activating group) is 1. The molecule has 0 saturated heterocycles. The Balaban J connectivity index is 1.84. The van der Waals surface area contributed by atoms with Gasteiger partial charge in [0.1, 0.15) is 12.4 Å². The highest BCUT2D eigenvalue weighted by atomic mass is 16.5. The number of carbonyl (C=O) groups is 1. The standard InChI is InChI=1S/C19H28N2O2/c1-15(2)14-23-18-11-7-8-16(12-18)20-19(22)13-21(3)17-9-5-4-6-10-17/h7-8,11-12,17H,1,4-6,9-10,13-14H2,2-3H3,(H,20,22). The van der Waals surface area contributed by atoms with Gasteiger partial charge in [-0.15, -0.1) is 0 Å². The minimum Gasteiger partial charge on any atom is -0.489 e. The van der Waals surface area contributed by atoms with E-state index >= 15 is 0 Å². The molecule has 4 nitrogen and oxygen atoms in total. The van der Waals surface area contributed by atoms with Gasteiger partial charge in [-0.25, -0.2) is 0 Å². The van der Waals surface area contributed by atoms with Crippen LogP contribution in [-0.2, 0) is 4.79 Å². The van der Waals surface area contributed by atoms with Crippen molar-refractivity contribution in [1.29, 1.82) is 0 Å². The first-order chi connectivity index (χ1) is 11.0. The lowest BCUT2D eigenvalue weighted by Gasteiger charge is -2.30. The Kier molecular flexibility index (Phi) is 6.66. The Bertz CT molecular complexity index is 536. The number of nitrogens with one attached hydrogen (secondary N) is 1. The molecule has 1 aromatic carbocycles. The minimum atomic E-state index is 0.0233. The summed E-state index contributed by atoms with van der Waals surface area (Å²) in [5.41, 5.74) is 1.74. The van der Waals surface area contributed by atoms with Crippen LogP contribution in [0.3, 0.4) is 0 Å². The van der Waals surface area contributed by atoms with E-state index < -0.39 is 0 Å². The Morgan fingerprint density at radius 2 is 2.09 bits per heavy atom. The van der Waals surface area contributed by atoms with Crippen LogP contribution in [-0.4, -0.2) is 37.0 Å². The summed E-state index contributed by atoms with van der Waals surface area (Å²) in [7, 11) is 2.04. The molecule has 23 heavy (non-hydrogen) atoms. The SMILES string of the molecule is C=C(C)COc1cccc(NC(=O)CN(C)C2CCCCC2)c1. The van der Waals surface area contributed by atoms with E-state index in [1.807, 2.05) is 38.2 Å². The van der Waals surface area contributed by atoms with Gasteiger partial charge in [0.15, 0.2) is 0 Å². The Morgan fingerprint density at radius 3 is 2.78 bits per heavy atom. The van der Waals surface area contributed by atoms with E-state index in [0.717, 1.165) is 17.0 Å². The lowest BCUT2D eigenvalue weighted by Crippen LogP contribution is -2.39. The average Bonchev–Trinajstić information content (AvgIpc) is 2.54. The molecule has 1 aromatic rings. The molecule has 2 rings (SSSR count). The lowest BCUT2D eigenvalue weighted by atomic mass is 9.94. The molecule has 126 valence electrons. The normalized spacial score (nSPS) is 15.4. The maximum absolute atomic E-state index is 12.2. The zero-order valence-electron chi connectivity index (χ0n) is 14.3. The summed E-state index contributed by atoms with van der Waals surface area (Å²) in [6.45, 7) is 6.66. The second-order valence-electron chi connectivity index (χ2n) is 6.53. The number of ether oxygens (including phenoxy) is 1. The number of hydrogen-bond acceptors (Lipinski definition) is 3. The largest absolute Gasteiger partial charge is 0.489 e. The molecule has 1 N–H and O–H groups in total. The quantitative estimate of drug-likeness (QED) is 0.777. The van der Waals surface area contributed by atoms with E-state index in [9.17, 15) is 4.79 Å². The third-order valence-electron chi connectivity index (χ3n) is 4.19. The van der Waals surface area contributed by atoms with E-state index in [1.165, 1.54) is 32.1 Å². The molecule has 0 radical (unpaired) electrons. The van der Waals surface area contributed by atoms with Crippen molar-refractivity contribution >= 4 is 11.6 Å². The number of amides is 1. The maximum Gasteiger partial charge on any atom is 0.238 e. The molecular formula is C19H28N2O2. The van der Waals surface area contributed by atoms with Crippen LogP contribution in [0, 0.1) is 0 Å². The minimum absolute atomic E-state index is 0.0233. The van der Waals surface area contributed by atoms with E-state index in [4.69, 9.17) is 4.74 Å². The first kappa shape index (κ1) is 17.5. The molecule has 0 spiro atoms. The molecule has 0 atom stereocenters. The molecule has 1 aliphatic rings. The van der Waals surface area contributed by atoms with Crippen LogP contribution in [0.25, 0.3) is 0 Å². The highest BCUT2D eigenvalue weighted by Gasteiger charge is 2.19. The van der Waals surface area contributed by atoms with Crippen LogP contribution in [0.4, 0.5) is 5.69 Å². The van der Waals surface area contributed by atoms with Gasteiger partial charge in [0.05, 0.1) is 6.54 Å². The van der Waals surface area contributed by atoms with E-state index in [0.29, 0.717) is 19.2 Å². The fourth-order valence-electron chi connectivity index (χ4n) is 2.95. The summed E-state index contributed by atoms with van der Waals surface area (Å²) < 4.78 is 5.60. The second-order valence-corrected chi connectivity index (χ2v) is 6.53. The van der Waals surface area contributed by atoms with Crippen LogP contribution >= 0.6 is 0 Å². The van der Waals surface area contributed by atoms with E-state index in [-0.39, 0.29) is 5.91 Å². The second kappa shape index (κ2) is 8.73. The lowest BCUT2D eigenvalue weighted by molar-refractivity contribution is -0.117. The molecule has 0 bridgehead atoms. The topological polar surface area (TPSA) is 41.6 Å². The van der Waals surface area contributed by atoms with Crippen molar-refractivity contribution < 1.29 is 9.53 Å². The molecule has 1 aliphatic carbocycles. The van der Waals surface area contributed by atoms with Crippen LogP contribution in [0.1, 0.15) is 39.0 Å². The average molecular weight is 316 g/mol. The number of hydrogen-bond donors (Lipinski definition) is 1. The van der Waals surface area contributed by atoms with E-state index in [1.54, 1.807) is 0 Å². The third-order valence-corrected chi connectivity index (χ3v) is 4.19. The zero-order valence-corrected chi connectivity index (χ0v) is 14.3. The molecule has 0 aromatic heterocycles. The summed E-state index contributed by atoms with van der Waals surface area (Å²) in [6, 6.07) is 8.04. The highest BCUT2D eigenvalue weighted by molar-refractivity contribution is 5.92. The number of rotatable bonds is 7.